The second-order valence-electron chi connectivity index (χ2n) is 5.14. The van der Waals surface area contributed by atoms with Crippen molar-refractivity contribution in [2.24, 2.45) is 0 Å². The minimum absolute atomic E-state index is 0.383. The van der Waals surface area contributed by atoms with Gasteiger partial charge in [-0.15, -0.1) is 11.3 Å². The molecule has 0 aliphatic heterocycles. The molecule has 0 saturated carbocycles. The number of fused-ring (bicyclic) bond motifs is 1. The molecule has 0 saturated heterocycles. The molecule has 1 aliphatic carbocycles. The lowest BCUT2D eigenvalue weighted by Gasteiger charge is -2.24. The molecule has 0 radical (unpaired) electrons. The van der Waals surface area contributed by atoms with Crippen molar-refractivity contribution in [2.75, 3.05) is 17.2 Å². The number of hydrogen-bond donors (Lipinski definition) is 2. The summed E-state index contributed by atoms with van der Waals surface area (Å²) in [6.07, 6.45) is 3.63. The molecule has 0 bridgehead atoms. The summed E-state index contributed by atoms with van der Waals surface area (Å²) >= 11 is 1.87. The zero-order valence-corrected chi connectivity index (χ0v) is 12.8. The summed E-state index contributed by atoms with van der Waals surface area (Å²) in [4.78, 5) is 10.5. The molecule has 2 aromatic heterocycles. The van der Waals surface area contributed by atoms with Gasteiger partial charge in [0.1, 0.15) is 5.82 Å². The number of aromatic nitrogens is 2. The summed E-state index contributed by atoms with van der Waals surface area (Å²) in [6.45, 7) is 4.89. The lowest BCUT2D eigenvalue weighted by atomic mass is 9.94. The first-order chi connectivity index (χ1) is 9.76. The molecular formula is C15H20N4S. The van der Waals surface area contributed by atoms with Crippen LogP contribution in [0.15, 0.2) is 17.5 Å². The number of aryl methyl sites for hydroxylation is 2. The van der Waals surface area contributed by atoms with Gasteiger partial charge in [-0.25, -0.2) is 4.98 Å². The molecule has 1 atom stereocenters. The summed E-state index contributed by atoms with van der Waals surface area (Å²) in [7, 11) is 0. The highest BCUT2D eigenvalue weighted by molar-refractivity contribution is 7.10. The minimum Gasteiger partial charge on any atom is -0.363 e. The molecule has 0 fully saturated rings. The average molecular weight is 288 g/mol. The fourth-order valence-corrected chi connectivity index (χ4v) is 3.68. The molecule has 0 spiro atoms. The number of rotatable bonds is 4. The van der Waals surface area contributed by atoms with Gasteiger partial charge in [-0.05, 0) is 50.1 Å². The first-order valence-electron chi connectivity index (χ1n) is 7.18. The third kappa shape index (κ3) is 2.77. The highest BCUT2D eigenvalue weighted by Crippen LogP contribution is 2.35. The van der Waals surface area contributed by atoms with Crippen molar-refractivity contribution in [3.8, 4) is 0 Å². The molecule has 2 N–H and O–H groups in total. The summed E-state index contributed by atoms with van der Waals surface area (Å²) in [5, 5.41) is 8.95. The Kier molecular flexibility index (Phi) is 3.87. The zero-order chi connectivity index (χ0) is 13.9. The van der Waals surface area contributed by atoms with Crippen LogP contribution in [0, 0.1) is 6.92 Å². The highest BCUT2D eigenvalue weighted by atomic mass is 32.1. The number of nitrogens with zero attached hydrogens (tertiary/aromatic N) is 2. The van der Waals surface area contributed by atoms with Crippen molar-refractivity contribution in [1.82, 2.24) is 9.97 Å². The molecule has 4 nitrogen and oxygen atoms in total. The lowest BCUT2D eigenvalue weighted by molar-refractivity contribution is 0.607. The zero-order valence-electron chi connectivity index (χ0n) is 11.9. The van der Waals surface area contributed by atoms with Crippen molar-refractivity contribution in [3.63, 3.8) is 0 Å². The van der Waals surface area contributed by atoms with E-state index in [0.717, 1.165) is 18.1 Å². The van der Waals surface area contributed by atoms with Gasteiger partial charge in [0.25, 0.3) is 0 Å². The van der Waals surface area contributed by atoms with Crippen LogP contribution in [0.1, 0.15) is 41.9 Å². The molecule has 3 rings (SSSR count). The summed E-state index contributed by atoms with van der Waals surface area (Å²) in [5.41, 5.74) is 2.43. The van der Waals surface area contributed by atoms with E-state index in [1.807, 2.05) is 24.3 Å². The molecule has 2 heterocycles. The van der Waals surface area contributed by atoms with Gasteiger partial charge >= 0.3 is 0 Å². The Hall–Kier alpha value is -1.62. The second kappa shape index (κ2) is 5.79. The Morgan fingerprint density at radius 3 is 3.15 bits per heavy atom. The van der Waals surface area contributed by atoms with E-state index in [1.54, 1.807) is 0 Å². The van der Waals surface area contributed by atoms with Gasteiger partial charge in [-0.3, -0.25) is 0 Å². The number of thiophene rings is 1. The van der Waals surface area contributed by atoms with Gasteiger partial charge in [0.2, 0.25) is 5.95 Å². The first-order valence-corrected chi connectivity index (χ1v) is 8.06. The Morgan fingerprint density at radius 1 is 1.40 bits per heavy atom. The van der Waals surface area contributed by atoms with E-state index in [1.165, 1.54) is 29.7 Å². The Bertz CT molecular complexity index is 593. The maximum atomic E-state index is 4.54. The van der Waals surface area contributed by atoms with Gasteiger partial charge in [0, 0.05) is 23.2 Å². The first kappa shape index (κ1) is 13.4. The molecule has 0 aromatic carbocycles. The minimum atomic E-state index is 0.383. The maximum Gasteiger partial charge on any atom is 0.224 e. The summed E-state index contributed by atoms with van der Waals surface area (Å²) in [6, 6.07) is 4.64. The number of hydrogen-bond acceptors (Lipinski definition) is 5. The quantitative estimate of drug-likeness (QED) is 0.899. The standard InChI is InChI=1S/C15H20N4S/c1-3-16-15-17-10(2)9-14(19-15)18-12-5-4-6-13-11(12)7-8-20-13/h7-9,12H,3-6H2,1-2H3,(H2,16,17,18,19). The van der Waals surface area contributed by atoms with Crippen LogP contribution in [0.25, 0.3) is 0 Å². The Morgan fingerprint density at radius 2 is 2.30 bits per heavy atom. The van der Waals surface area contributed by atoms with E-state index in [0.29, 0.717) is 12.0 Å². The average Bonchev–Trinajstić information content (AvgIpc) is 2.88. The van der Waals surface area contributed by atoms with Crippen molar-refractivity contribution in [1.29, 1.82) is 0 Å². The molecule has 20 heavy (non-hydrogen) atoms. The van der Waals surface area contributed by atoms with E-state index in [-0.39, 0.29) is 0 Å². The normalized spacial score (nSPS) is 17.6. The molecule has 1 aliphatic rings. The van der Waals surface area contributed by atoms with Crippen LogP contribution in [-0.2, 0) is 6.42 Å². The predicted molar refractivity (Wildman–Crippen MR) is 84.6 cm³/mol. The topological polar surface area (TPSA) is 49.8 Å². The largest absolute Gasteiger partial charge is 0.363 e. The van der Waals surface area contributed by atoms with Gasteiger partial charge in [-0.1, -0.05) is 0 Å². The van der Waals surface area contributed by atoms with Crippen LogP contribution >= 0.6 is 11.3 Å². The van der Waals surface area contributed by atoms with Gasteiger partial charge in [0.05, 0.1) is 6.04 Å². The van der Waals surface area contributed by atoms with Gasteiger partial charge in [0.15, 0.2) is 0 Å². The number of nitrogens with one attached hydrogen (secondary N) is 2. The highest BCUT2D eigenvalue weighted by Gasteiger charge is 2.21. The Labute approximate surface area is 123 Å². The maximum absolute atomic E-state index is 4.54. The fourth-order valence-electron chi connectivity index (χ4n) is 2.69. The van der Waals surface area contributed by atoms with Crippen LogP contribution in [0.2, 0.25) is 0 Å². The van der Waals surface area contributed by atoms with Crippen LogP contribution in [-0.4, -0.2) is 16.5 Å². The monoisotopic (exact) mass is 288 g/mol. The van der Waals surface area contributed by atoms with Crippen molar-refractivity contribution in [2.45, 2.75) is 39.2 Å². The smallest absolute Gasteiger partial charge is 0.224 e. The third-order valence-electron chi connectivity index (χ3n) is 3.56. The molecule has 5 heteroatoms. The van der Waals surface area contributed by atoms with E-state index in [4.69, 9.17) is 0 Å². The fraction of sp³-hybridized carbons (Fsp3) is 0.467. The molecule has 1 unspecified atom stereocenters. The van der Waals surface area contributed by atoms with Crippen molar-refractivity contribution in [3.05, 3.63) is 33.6 Å². The van der Waals surface area contributed by atoms with E-state index in [9.17, 15) is 0 Å². The van der Waals surface area contributed by atoms with Crippen molar-refractivity contribution >= 4 is 23.1 Å². The van der Waals surface area contributed by atoms with E-state index in [2.05, 4.69) is 39.0 Å². The van der Waals surface area contributed by atoms with E-state index >= 15 is 0 Å². The molecule has 106 valence electrons. The molecule has 0 amide bonds. The molecular weight excluding hydrogens is 268 g/mol. The second-order valence-corrected chi connectivity index (χ2v) is 6.14. The van der Waals surface area contributed by atoms with E-state index < -0.39 is 0 Å². The summed E-state index contributed by atoms with van der Waals surface area (Å²) < 4.78 is 0. The van der Waals surface area contributed by atoms with Crippen LogP contribution < -0.4 is 10.6 Å². The van der Waals surface area contributed by atoms with Gasteiger partial charge < -0.3 is 10.6 Å². The number of anilines is 2. The van der Waals surface area contributed by atoms with Crippen LogP contribution in [0.3, 0.4) is 0 Å². The lowest BCUT2D eigenvalue weighted by Crippen LogP contribution is -2.17. The predicted octanol–water partition coefficient (Wildman–Crippen LogP) is 3.77. The third-order valence-corrected chi connectivity index (χ3v) is 4.56. The van der Waals surface area contributed by atoms with Crippen LogP contribution in [0.4, 0.5) is 11.8 Å². The van der Waals surface area contributed by atoms with Gasteiger partial charge in [-0.2, -0.15) is 4.98 Å². The Balaban J connectivity index is 1.82. The summed E-state index contributed by atoms with van der Waals surface area (Å²) in [5.74, 6) is 1.62. The molecule has 2 aromatic rings. The van der Waals surface area contributed by atoms with Crippen molar-refractivity contribution < 1.29 is 0 Å². The SMILES string of the molecule is CCNc1nc(C)cc(NC2CCCc3sccc32)n1. The van der Waals surface area contributed by atoms with Crippen LogP contribution in [0.5, 0.6) is 0 Å².